The van der Waals surface area contributed by atoms with Gasteiger partial charge in [0, 0.05) is 38.2 Å². The Morgan fingerprint density at radius 3 is 2.42 bits per heavy atom. The lowest BCUT2D eigenvalue weighted by atomic mass is 9.51. The van der Waals surface area contributed by atoms with E-state index in [0.29, 0.717) is 34.2 Å². The van der Waals surface area contributed by atoms with Crippen LogP contribution in [0.25, 0.3) is 20.7 Å². The monoisotopic (exact) mass is 828 g/mol. The van der Waals surface area contributed by atoms with Crippen molar-refractivity contribution in [2.45, 2.75) is 32.6 Å². The van der Waals surface area contributed by atoms with E-state index in [1.807, 2.05) is 38.1 Å². The van der Waals surface area contributed by atoms with Gasteiger partial charge >= 0.3 is 0 Å². The van der Waals surface area contributed by atoms with Gasteiger partial charge in [-0.05, 0) is 104 Å². The van der Waals surface area contributed by atoms with Crippen LogP contribution in [0, 0.1) is 36.0 Å². The van der Waals surface area contributed by atoms with Crippen molar-refractivity contribution in [1.82, 2.24) is 9.78 Å². The van der Waals surface area contributed by atoms with Gasteiger partial charge in [0.1, 0.15) is 17.3 Å². The molecule has 0 radical (unpaired) electrons. The number of aromatic nitrogens is 2. The van der Waals surface area contributed by atoms with E-state index in [2.05, 4.69) is 15.9 Å². The summed E-state index contributed by atoms with van der Waals surface area (Å²) in [6.07, 6.45) is 2.49. The van der Waals surface area contributed by atoms with Crippen LogP contribution in [0.15, 0.2) is 82.9 Å². The fourth-order valence-corrected chi connectivity index (χ4v) is 11.3. The normalized spacial score (nSPS) is 26.7. The number of hydrogen-bond acceptors (Lipinski definition) is 7. The van der Waals surface area contributed by atoms with E-state index in [0.717, 1.165) is 30.6 Å². The van der Waals surface area contributed by atoms with Crippen molar-refractivity contribution >= 4 is 95.7 Å². The summed E-state index contributed by atoms with van der Waals surface area (Å²) in [6, 6.07) is 19.2. The molecule has 4 amide bonds. The van der Waals surface area contributed by atoms with Gasteiger partial charge in [-0.15, -0.1) is 11.3 Å². The van der Waals surface area contributed by atoms with Gasteiger partial charge in [0.05, 0.1) is 33.7 Å². The fourth-order valence-electron chi connectivity index (χ4n) is 9.39. The van der Waals surface area contributed by atoms with Gasteiger partial charge in [0.15, 0.2) is 0 Å². The molecule has 53 heavy (non-hydrogen) atoms. The zero-order valence-electron chi connectivity index (χ0n) is 28.6. The Kier molecular flexibility index (Phi) is 7.88. The number of fused-ring (bicyclic) bond motifs is 5. The highest BCUT2D eigenvalue weighted by Crippen LogP contribution is 2.64. The van der Waals surface area contributed by atoms with E-state index in [1.165, 1.54) is 21.9 Å². The lowest BCUT2D eigenvalue weighted by Gasteiger charge is -2.49. The van der Waals surface area contributed by atoms with E-state index >= 15 is 4.79 Å². The van der Waals surface area contributed by atoms with Crippen LogP contribution in [0.3, 0.4) is 0 Å². The smallest absolute Gasteiger partial charge is 0.242 e. The molecule has 2 aliphatic heterocycles. The van der Waals surface area contributed by atoms with Crippen molar-refractivity contribution < 1.29 is 24.3 Å². The van der Waals surface area contributed by atoms with Crippen molar-refractivity contribution in [1.29, 1.82) is 0 Å². The maximum atomic E-state index is 15.1. The summed E-state index contributed by atoms with van der Waals surface area (Å²) in [5, 5.41) is 17.0. The summed E-state index contributed by atoms with van der Waals surface area (Å²) in [7, 11) is 1.71. The average molecular weight is 831 g/mol. The SMILES string of the molecule is Cc1c(-c2cc(N3C(=O)[C@@H]4C[C@@H]5C(=CC[C@@H]6C(=O)N(c7ccc(Br)cc7)C(=O)[C@@H]65)[C@H](c5ccc(O)cc5Cl)[C@]4(C)C3=O)n(C)n2)sc2ccc(Cl)cc12. The maximum absolute atomic E-state index is 15.1. The minimum Gasteiger partial charge on any atom is -0.508 e. The zero-order valence-corrected chi connectivity index (χ0v) is 32.6. The molecule has 2 aromatic heterocycles. The Morgan fingerprint density at radius 2 is 1.68 bits per heavy atom. The van der Waals surface area contributed by atoms with Crippen LogP contribution >= 0.6 is 50.5 Å². The van der Waals surface area contributed by atoms with Crippen molar-refractivity contribution in [2.24, 2.45) is 36.1 Å². The van der Waals surface area contributed by atoms with Crippen LogP contribution in [-0.2, 0) is 26.2 Å². The van der Waals surface area contributed by atoms with Crippen LogP contribution in [0.2, 0.25) is 10.0 Å². The van der Waals surface area contributed by atoms with Gasteiger partial charge in [0.2, 0.25) is 23.6 Å². The van der Waals surface area contributed by atoms with E-state index < -0.39 is 46.8 Å². The minimum absolute atomic E-state index is 0.0381. The second kappa shape index (κ2) is 12.1. The molecule has 6 atom stereocenters. The fraction of sp³-hybridized carbons (Fsp3) is 0.275. The van der Waals surface area contributed by atoms with Crippen LogP contribution in [-0.4, -0.2) is 38.5 Å². The first-order valence-corrected chi connectivity index (χ1v) is 19.6. The quantitative estimate of drug-likeness (QED) is 0.143. The number of aryl methyl sites for hydroxylation is 2. The van der Waals surface area contributed by atoms with E-state index in [1.54, 1.807) is 59.5 Å². The Labute approximate surface area is 326 Å². The first-order chi connectivity index (χ1) is 25.3. The number of anilines is 2. The lowest BCUT2D eigenvalue weighted by molar-refractivity contribution is -0.131. The molecule has 268 valence electrons. The number of phenolic OH excluding ortho intramolecular Hbond substituents is 1. The van der Waals surface area contributed by atoms with Crippen LogP contribution in [0.1, 0.15) is 36.8 Å². The standard InChI is InChI=1S/C40H31BrCl2N4O5S/c1-18-26-14-20(42)6-13-31(26)53-35(18)30-17-32(45(3)44-30)47-37(50)28-16-27-23(34(40(28,2)39(47)52)24-10-9-22(48)15-29(24)43)11-12-25-33(27)38(51)46(36(25)49)21-7-4-19(41)5-8-21/h4-11,13-15,17,25,27-28,33-34,48H,12,16H2,1-3H3/t25-,27+,28-,33-,34+,40+/m0/s1. The van der Waals surface area contributed by atoms with Crippen molar-refractivity contribution in [3.63, 3.8) is 0 Å². The average Bonchev–Trinajstić information content (AvgIpc) is 3.79. The highest BCUT2D eigenvalue weighted by atomic mass is 79.9. The summed E-state index contributed by atoms with van der Waals surface area (Å²) in [4.78, 5) is 61.6. The lowest BCUT2D eigenvalue weighted by Crippen LogP contribution is -2.49. The number of hydrogen-bond donors (Lipinski definition) is 1. The Morgan fingerprint density at radius 1 is 0.925 bits per heavy atom. The summed E-state index contributed by atoms with van der Waals surface area (Å²) in [6.45, 7) is 3.81. The molecule has 1 saturated carbocycles. The number of benzene rings is 3. The molecule has 0 bridgehead atoms. The third-order valence-corrected chi connectivity index (χ3v) is 14.3. The second-order valence-electron chi connectivity index (χ2n) is 14.6. The summed E-state index contributed by atoms with van der Waals surface area (Å²) >= 11 is 18.2. The Hall–Kier alpha value is -4.29. The number of amides is 4. The van der Waals surface area contributed by atoms with Gasteiger partial charge in [-0.1, -0.05) is 56.8 Å². The molecule has 9 nitrogen and oxygen atoms in total. The highest BCUT2D eigenvalue weighted by molar-refractivity contribution is 9.10. The number of nitrogens with zero attached hydrogens (tertiary/aromatic N) is 4. The van der Waals surface area contributed by atoms with Gasteiger partial charge in [-0.2, -0.15) is 5.10 Å². The molecule has 13 heteroatoms. The van der Waals surface area contributed by atoms with Crippen molar-refractivity contribution in [3.8, 4) is 16.3 Å². The number of imide groups is 2. The molecule has 3 aromatic carbocycles. The van der Waals surface area contributed by atoms with Gasteiger partial charge < -0.3 is 5.11 Å². The summed E-state index contributed by atoms with van der Waals surface area (Å²) in [5.41, 5.74) is 2.18. The summed E-state index contributed by atoms with van der Waals surface area (Å²) in [5.74, 6) is -4.49. The molecular formula is C40H31BrCl2N4O5S. The number of allylic oxidation sites excluding steroid dienone is 2. The Bertz CT molecular complexity index is 2490. The van der Waals surface area contributed by atoms with Gasteiger partial charge in [-0.25, -0.2) is 4.90 Å². The van der Waals surface area contributed by atoms with Crippen LogP contribution in [0.5, 0.6) is 5.75 Å². The molecule has 5 aromatic rings. The van der Waals surface area contributed by atoms with Crippen LogP contribution in [0.4, 0.5) is 11.5 Å². The molecule has 4 aliphatic rings. The third-order valence-electron chi connectivity index (χ3n) is 11.9. The van der Waals surface area contributed by atoms with Crippen LogP contribution < -0.4 is 9.80 Å². The molecule has 2 aliphatic carbocycles. The topological polar surface area (TPSA) is 113 Å². The largest absolute Gasteiger partial charge is 0.508 e. The number of carbonyl (C=O) groups is 4. The Balaban J connectivity index is 1.16. The molecular weight excluding hydrogens is 799 g/mol. The van der Waals surface area contributed by atoms with Crippen molar-refractivity contribution in [2.75, 3.05) is 9.80 Å². The first kappa shape index (κ1) is 34.5. The van der Waals surface area contributed by atoms with Gasteiger partial charge in [0.25, 0.3) is 0 Å². The number of aromatic hydroxyl groups is 1. The molecule has 1 N–H and O–H groups in total. The number of rotatable bonds is 4. The second-order valence-corrected chi connectivity index (χ2v) is 17.4. The van der Waals surface area contributed by atoms with Gasteiger partial charge in [-0.3, -0.25) is 28.8 Å². The van der Waals surface area contributed by atoms with E-state index in [9.17, 15) is 19.5 Å². The predicted octanol–water partition coefficient (Wildman–Crippen LogP) is 8.82. The zero-order chi connectivity index (χ0) is 37.2. The molecule has 4 heterocycles. The number of thiophene rings is 1. The maximum Gasteiger partial charge on any atom is 0.242 e. The highest BCUT2D eigenvalue weighted by Gasteiger charge is 2.68. The molecule has 0 unspecified atom stereocenters. The number of phenols is 1. The first-order valence-electron chi connectivity index (χ1n) is 17.2. The molecule has 2 saturated heterocycles. The minimum atomic E-state index is -1.31. The number of carbonyl (C=O) groups excluding carboxylic acids is 4. The molecule has 0 spiro atoms. The molecule has 9 rings (SSSR count). The molecule has 3 fully saturated rings. The predicted molar refractivity (Wildman–Crippen MR) is 208 cm³/mol. The van der Waals surface area contributed by atoms with Crippen molar-refractivity contribution in [3.05, 3.63) is 104 Å². The summed E-state index contributed by atoms with van der Waals surface area (Å²) < 4.78 is 3.42. The third kappa shape index (κ3) is 4.89. The van der Waals surface area contributed by atoms with E-state index in [4.69, 9.17) is 28.3 Å². The number of halogens is 3. The van der Waals surface area contributed by atoms with E-state index in [-0.39, 0.29) is 29.0 Å².